The fraction of sp³-hybridized carbons (Fsp3) is 0.292. The highest BCUT2D eigenvalue weighted by Crippen LogP contribution is 2.40. The van der Waals surface area contributed by atoms with E-state index < -0.39 is 5.97 Å². The van der Waals surface area contributed by atoms with Crippen LogP contribution in [0.3, 0.4) is 0 Å². The number of likely N-dealkylation sites (tertiary alicyclic amines) is 1. The number of fused-ring (bicyclic) bond motifs is 1. The zero-order chi connectivity index (χ0) is 21.4. The second-order valence-electron chi connectivity index (χ2n) is 8.26. The number of aromatic carboxylic acids is 1. The van der Waals surface area contributed by atoms with Gasteiger partial charge in [-0.15, -0.1) is 0 Å². The Morgan fingerprint density at radius 2 is 1.55 bits per heavy atom. The molecule has 0 unspecified atom stereocenters. The Bertz CT molecular complexity index is 1080. The van der Waals surface area contributed by atoms with Gasteiger partial charge in [0.1, 0.15) is 5.75 Å². The molecule has 0 bridgehead atoms. The van der Waals surface area contributed by atoms with Crippen molar-refractivity contribution in [3.8, 4) is 16.9 Å². The van der Waals surface area contributed by atoms with Crippen molar-refractivity contribution in [2.75, 3.05) is 13.1 Å². The molecule has 2 fully saturated rings. The van der Waals surface area contributed by atoms with Gasteiger partial charge in [0.05, 0.1) is 6.10 Å². The monoisotopic (exact) mass is 417 g/mol. The summed E-state index contributed by atoms with van der Waals surface area (Å²) >= 11 is 0. The van der Waals surface area contributed by atoms with E-state index in [1.807, 2.05) is 30.3 Å². The van der Waals surface area contributed by atoms with Gasteiger partial charge in [-0.05, 0) is 54.0 Å². The lowest BCUT2D eigenvalue weighted by molar-refractivity contribution is 0.0690. The zero-order valence-corrected chi connectivity index (χ0v) is 16.9. The van der Waals surface area contributed by atoms with Crippen LogP contribution in [0.4, 0.5) is 4.79 Å². The number of carbonyl (C=O) groups excluding carboxylic acids is 1. The molecule has 7 nitrogen and oxygen atoms in total. The van der Waals surface area contributed by atoms with Gasteiger partial charge in [-0.25, -0.2) is 9.59 Å². The number of hydrogen-bond donors (Lipinski definition) is 1. The molecule has 1 N–H and O–H groups in total. The molecular formula is C24H23N3O4. The Labute approximate surface area is 179 Å². The van der Waals surface area contributed by atoms with Gasteiger partial charge in [0.2, 0.25) is 0 Å². The van der Waals surface area contributed by atoms with Crippen LogP contribution in [0.5, 0.6) is 5.75 Å². The maximum absolute atomic E-state index is 12.6. The molecule has 3 aromatic rings. The number of hydrogen-bond acceptors (Lipinski definition) is 4. The molecule has 2 aromatic carbocycles. The van der Waals surface area contributed by atoms with E-state index >= 15 is 0 Å². The Morgan fingerprint density at radius 1 is 0.903 bits per heavy atom. The van der Waals surface area contributed by atoms with Crippen molar-refractivity contribution in [3.63, 3.8) is 0 Å². The highest BCUT2D eigenvalue weighted by molar-refractivity contribution is 5.86. The van der Waals surface area contributed by atoms with E-state index in [1.54, 1.807) is 4.90 Å². The van der Waals surface area contributed by atoms with Crippen molar-refractivity contribution >= 4 is 12.0 Å². The number of rotatable bonds is 4. The summed E-state index contributed by atoms with van der Waals surface area (Å²) in [5, 5.41) is 12.8. The van der Waals surface area contributed by atoms with Crippen LogP contribution in [-0.2, 0) is 0 Å². The summed E-state index contributed by atoms with van der Waals surface area (Å²) in [7, 11) is 0. The molecule has 7 heteroatoms. The van der Waals surface area contributed by atoms with Crippen molar-refractivity contribution in [2.45, 2.75) is 18.9 Å². The van der Waals surface area contributed by atoms with Gasteiger partial charge >= 0.3 is 12.0 Å². The third-order valence-corrected chi connectivity index (χ3v) is 6.25. The molecule has 1 aliphatic heterocycles. The molecule has 31 heavy (non-hydrogen) atoms. The lowest BCUT2D eigenvalue weighted by atomic mass is 10.0. The van der Waals surface area contributed by atoms with Crippen molar-refractivity contribution in [1.29, 1.82) is 0 Å². The minimum atomic E-state index is -1.14. The van der Waals surface area contributed by atoms with Gasteiger partial charge in [0, 0.05) is 19.3 Å². The topological polar surface area (TPSA) is 84.7 Å². The third kappa shape index (κ3) is 3.91. The normalized spacial score (nSPS) is 22.3. The summed E-state index contributed by atoms with van der Waals surface area (Å²) in [6, 6.07) is 19.5. The SMILES string of the molecule is O=C(O)c1ccn(C(=O)N2C[C@H]3C[C@H](Oc4ccc(-c5ccccc5)cc4)C[C@H]3C2)n1. The number of amides is 1. The zero-order valence-electron chi connectivity index (χ0n) is 16.9. The molecule has 1 amide bonds. The molecule has 5 rings (SSSR count). The predicted octanol–water partition coefficient (Wildman–Crippen LogP) is 4.01. The van der Waals surface area contributed by atoms with Crippen molar-refractivity contribution in [1.82, 2.24) is 14.7 Å². The summed E-state index contributed by atoms with van der Waals surface area (Å²) in [4.78, 5) is 25.4. The van der Waals surface area contributed by atoms with Gasteiger partial charge in [-0.2, -0.15) is 9.78 Å². The number of benzene rings is 2. The maximum Gasteiger partial charge on any atom is 0.356 e. The van der Waals surface area contributed by atoms with E-state index in [9.17, 15) is 9.59 Å². The molecule has 1 aromatic heterocycles. The Balaban J connectivity index is 1.17. The first kappa shape index (κ1) is 19.4. The number of carboxylic acids is 1. The largest absolute Gasteiger partial charge is 0.490 e. The molecule has 1 saturated carbocycles. The molecule has 2 aliphatic rings. The van der Waals surface area contributed by atoms with Crippen LogP contribution < -0.4 is 4.74 Å². The number of ether oxygens (including phenoxy) is 1. The van der Waals surface area contributed by atoms with Crippen LogP contribution in [0.2, 0.25) is 0 Å². The molecule has 0 radical (unpaired) electrons. The molecular weight excluding hydrogens is 394 g/mol. The molecule has 1 aliphatic carbocycles. The van der Waals surface area contributed by atoms with Gasteiger partial charge in [0.25, 0.3) is 0 Å². The first-order valence-corrected chi connectivity index (χ1v) is 10.5. The first-order valence-electron chi connectivity index (χ1n) is 10.5. The minimum Gasteiger partial charge on any atom is -0.490 e. The fourth-order valence-corrected chi connectivity index (χ4v) is 4.74. The summed E-state index contributed by atoms with van der Waals surface area (Å²) < 4.78 is 7.34. The van der Waals surface area contributed by atoms with E-state index in [0.29, 0.717) is 24.9 Å². The van der Waals surface area contributed by atoms with E-state index in [1.165, 1.54) is 17.8 Å². The Hall–Kier alpha value is -3.61. The summed E-state index contributed by atoms with van der Waals surface area (Å²) in [5.74, 6) is 0.524. The smallest absolute Gasteiger partial charge is 0.356 e. The van der Waals surface area contributed by atoms with E-state index in [0.717, 1.165) is 28.8 Å². The van der Waals surface area contributed by atoms with Crippen molar-refractivity contribution < 1.29 is 19.4 Å². The van der Waals surface area contributed by atoms with E-state index in [2.05, 4.69) is 29.4 Å². The Kier molecular flexibility index (Phi) is 4.94. The lowest BCUT2D eigenvalue weighted by Gasteiger charge is -2.20. The molecule has 2 heterocycles. The standard InChI is InChI=1S/C24H23N3O4/c28-23(29)22-10-11-27(25-22)24(30)26-14-18-12-21(13-19(18)15-26)31-20-8-6-17(7-9-20)16-4-2-1-3-5-16/h1-11,18-19,21H,12-15H2,(H,28,29)/t18-,19+,21+. The maximum atomic E-state index is 12.6. The quantitative estimate of drug-likeness (QED) is 0.693. The third-order valence-electron chi connectivity index (χ3n) is 6.25. The van der Waals surface area contributed by atoms with E-state index in [-0.39, 0.29) is 17.8 Å². The summed E-state index contributed by atoms with van der Waals surface area (Å²) in [5.41, 5.74) is 2.22. The molecule has 158 valence electrons. The van der Waals surface area contributed by atoms with E-state index in [4.69, 9.17) is 9.84 Å². The average molecular weight is 417 g/mol. The van der Waals surface area contributed by atoms with Crippen LogP contribution in [0, 0.1) is 11.8 Å². The van der Waals surface area contributed by atoms with Crippen LogP contribution in [0.15, 0.2) is 66.9 Å². The molecule has 1 saturated heterocycles. The van der Waals surface area contributed by atoms with Gasteiger partial charge < -0.3 is 14.7 Å². The van der Waals surface area contributed by atoms with Gasteiger partial charge in [0.15, 0.2) is 5.69 Å². The Morgan fingerprint density at radius 3 is 2.16 bits per heavy atom. The summed E-state index contributed by atoms with van der Waals surface area (Å²) in [6.07, 6.45) is 3.38. The second kappa shape index (κ2) is 7.91. The molecule has 0 spiro atoms. The van der Waals surface area contributed by atoms with Gasteiger partial charge in [-0.1, -0.05) is 42.5 Å². The summed E-state index contributed by atoms with van der Waals surface area (Å²) in [6.45, 7) is 1.30. The van der Waals surface area contributed by atoms with Crippen molar-refractivity contribution in [3.05, 3.63) is 72.6 Å². The van der Waals surface area contributed by atoms with Gasteiger partial charge in [-0.3, -0.25) is 0 Å². The number of nitrogens with zero attached hydrogens (tertiary/aromatic N) is 3. The number of aromatic nitrogens is 2. The van der Waals surface area contributed by atoms with Crippen LogP contribution >= 0.6 is 0 Å². The lowest BCUT2D eigenvalue weighted by Crippen LogP contribution is -2.34. The minimum absolute atomic E-state index is 0.125. The first-order chi connectivity index (χ1) is 15.1. The predicted molar refractivity (Wildman–Crippen MR) is 114 cm³/mol. The average Bonchev–Trinajstić information content (AvgIpc) is 3.50. The fourth-order valence-electron chi connectivity index (χ4n) is 4.74. The van der Waals surface area contributed by atoms with Crippen LogP contribution in [-0.4, -0.2) is 51.0 Å². The highest BCUT2D eigenvalue weighted by Gasteiger charge is 2.43. The number of carboxylic acid groups (broad SMARTS) is 1. The highest BCUT2D eigenvalue weighted by atomic mass is 16.5. The van der Waals surface area contributed by atoms with Crippen LogP contribution in [0.1, 0.15) is 23.3 Å². The molecule has 3 atom stereocenters. The van der Waals surface area contributed by atoms with Crippen molar-refractivity contribution in [2.24, 2.45) is 11.8 Å². The second-order valence-corrected chi connectivity index (χ2v) is 8.26. The number of carbonyl (C=O) groups is 2. The van der Waals surface area contributed by atoms with Crippen LogP contribution in [0.25, 0.3) is 11.1 Å².